The van der Waals surface area contributed by atoms with Crippen molar-refractivity contribution in [3.8, 4) is 11.4 Å². The van der Waals surface area contributed by atoms with Crippen LogP contribution in [0, 0.1) is 0 Å². The molecule has 0 saturated carbocycles. The number of hydrogen-bond acceptors (Lipinski definition) is 4. The van der Waals surface area contributed by atoms with Gasteiger partial charge in [0.15, 0.2) is 0 Å². The Balaban J connectivity index is 2.31. The highest BCUT2D eigenvalue weighted by Crippen LogP contribution is 2.35. The highest BCUT2D eigenvalue weighted by atomic mass is 19.4. The van der Waals surface area contributed by atoms with Crippen LogP contribution in [0.1, 0.15) is 17.9 Å². The molecule has 2 aromatic rings. The van der Waals surface area contributed by atoms with Crippen LogP contribution >= 0.6 is 0 Å². The molecular formula is C12H9F3N2O3. The topological polar surface area (TPSA) is 76.2 Å². The van der Waals surface area contributed by atoms with E-state index in [0.29, 0.717) is 0 Å². The lowest BCUT2D eigenvalue weighted by Crippen LogP contribution is -2.07. The Hall–Kier alpha value is -2.38. The maximum absolute atomic E-state index is 12.8. The van der Waals surface area contributed by atoms with Gasteiger partial charge in [-0.05, 0) is 6.07 Å². The van der Waals surface area contributed by atoms with E-state index in [-0.39, 0.29) is 30.1 Å². The fourth-order valence-corrected chi connectivity index (χ4v) is 1.60. The fraction of sp³-hybridized carbons (Fsp3) is 0.250. The third-order valence-electron chi connectivity index (χ3n) is 2.49. The number of aryl methyl sites for hydroxylation is 1. The van der Waals surface area contributed by atoms with Gasteiger partial charge in [-0.15, -0.1) is 0 Å². The summed E-state index contributed by atoms with van der Waals surface area (Å²) >= 11 is 0. The van der Waals surface area contributed by atoms with Crippen molar-refractivity contribution in [3.05, 3.63) is 35.7 Å². The summed E-state index contributed by atoms with van der Waals surface area (Å²) in [6, 6.07) is 4.84. The second kappa shape index (κ2) is 5.32. The van der Waals surface area contributed by atoms with Crippen molar-refractivity contribution in [1.29, 1.82) is 0 Å². The summed E-state index contributed by atoms with van der Waals surface area (Å²) in [4.78, 5) is 14.2. The summed E-state index contributed by atoms with van der Waals surface area (Å²) < 4.78 is 43.2. The van der Waals surface area contributed by atoms with E-state index in [4.69, 9.17) is 9.63 Å². The Morgan fingerprint density at radius 3 is 2.65 bits per heavy atom. The van der Waals surface area contributed by atoms with Crippen molar-refractivity contribution in [1.82, 2.24) is 10.1 Å². The van der Waals surface area contributed by atoms with E-state index < -0.39 is 17.7 Å². The van der Waals surface area contributed by atoms with E-state index in [1.807, 2.05) is 0 Å². The lowest BCUT2D eigenvalue weighted by molar-refractivity contribution is -0.138. The number of hydrogen-bond donors (Lipinski definition) is 1. The molecule has 0 spiro atoms. The van der Waals surface area contributed by atoms with E-state index in [0.717, 1.165) is 6.07 Å². The maximum atomic E-state index is 12.8. The number of nitrogens with zero attached hydrogens (tertiary/aromatic N) is 2. The van der Waals surface area contributed by atoms with Crippen LogP contribution < -0.4 is 0 Å². The molecular weight excluding hydrogens is 277 g/mol. The van der Waals surface area contributed by atoms with Gasteiger partial charge in [0, 0.05) is 12.0 Å². The molecule has 0 aliphatic rings. The van der Waals surface area contributed by atoms with Gasteiger partial charge in [-0.25, -0.2) is 0 Å². The first-order valence-corrected chi connectivity index (χ1v) is 5.59. The zero-order valence-electron chi connectivity index (χ0n) is 10.0. The number of carbonyl (C=O) groups is 1. The van der Waals surface area contributed by atoms with E-state index in [9.17, 15) is 18.0 Å². The van der Waals surface area contributed by atoms with Crippen molar-refractivity contribution in [3.63, 3.8) is 0 Å². The molecule has 106 valence electrons. The Morgan fingerprint density at radius 1 is 1.30 bits per heavy atom. The van der Waals surface area contributed by atoms with Gasteiger partial charge in [-0.2, -0.15) is 18.2 Å². The van der Waals surface area contributed by atoms with Crippen LogP contribution in [-0.4, -0.2) is 21.2 Å². The molecule has 0 saturated heterocycles. The van der Waals surface area contributed by atoms with Crippen molar-refractivity contribution in [2.75, 3.05) is 0 Å². The van der Waals surface area contributed by atoms with Crippen LogP contribution in [0.3, 0.4) is 0 Å². The molecule has 0 amide bonds. The van der Waals surface area contributed by atoms with Gasteiger partial charge < -0.3 is 9.63 Å². The predicted octanol–water partition coefficient (Wildman–Crippen LogP) is 2.77. The van der Waals surface area contributed by atoms with Crippen LogP contribution in [0.15, 0.2) is 28.8 Å². The van der Waals surface area contributed by atoms with Crippen LogP contribution in [-0.2, 0) is 17.4 Å². The maximum Gasteiger partial charge on any atom is 0.417 e. The van der Waals surface area contributed by atoms with Gasteiger partial charge in [-0.3, -0.25) is 4.79 Å². The molecule has 1 aromatic carbocycles. The number of aromatic nitrogens is 2. The van der Waals surface area contributed by atoms with Crippen LogP contribution in [0.25, 0.3) is 11.4 Å². The number of benzene rings is 1. The molecule has 0 aliphatic heterocycles. The van der Waals surface area contributed by atoms with E-state index in [2.05, 4.69) is 10.1 Å². The minimum Gasteiger partial charge on any atom is -0.481 e. The van der Waals surface area contributed by atoms with E-state index in [1.165, 1.54) is 18.2 Å². The Labute approximate surface area is 111 Å². The molecule has 1 heterocycles. The van der Waals surface area contributed by atoms with Crippen molar-refractivity contribution >= 4 is 5.97 Å². The first-order valence-electron chi connectivity index (χ1n) is 5.59. The summed E-state index contributed by atoms with van der Waals surface area (Å²) in [5.74, 6) is -1.28. The highest BCUT2D eigenvalue weighted by molar-refractivity contribution is 5.67. The lowest BCUT2D eigenvalue weighted by Gasteiger charge is -2.09. The van der Waals surface area contributed by atoms with Crippen LogP contribution in [0.2, 0.25) is 0 Å². The highest BCUT2D eigenvalue weighted by Gasteiger charge is 2.34. The number of halogens is 3. The molecule has 0 aliphatic carbocycles. The molecule has 0 atom stereocenters. The number of rotatable bonds is 4. The third-order valence-corrected chi connectivity index (χ3v) is 2.49. The molecule has 20 heavy (non-hydrogen) atoms. The molecule has 2 rings (SSSR count). The number of aliphatic carboxylic acids is 1. The van der Waals surface area contributed by atoms with Gasteiger partial charge in [0.2, 0.25) is 11.7 Å². The quantitative estimate of drug-likeness (QED) is 0.935. The Bertz CT molecular complexity index is 622. The largest absolute Gasteiger partial charge is 0.481 e. The van der Waals surface area contributed by atoms with Crippen LogP contribution in [0.5, 0.6) is 0 Å². The molecule has 0 bridgehead atoms. The van der Waals surface area contributed by atoms with Crippen molar-refractivity contribution in [2.24, 2.45) is 0 Å². The molecule has 0 unspecified atom stereocenters. The summed E-state index contributed by atoms with van der Waals surface area (Å²) in [6.07, 6.45) is -4.79. The average Bonchev–Trinajstić information content (AvgIpc) is 2.84. The number of alkyl halides is 3. The summed E-state index contributed by atoms with van der Waals surface area (Å²) in [6.45, 7) is 0. The van der Waals surface area contributed by atoms with Gasteiger partial charge in [0.05, 0.1) is 12.0 Å². The predicted molar refractivity (Wildman–Crippen MR) is 60.7 cm³/mol. The van der Waals surface area contributed by atoms with Gasteiger partial charge in [0.1, 0.15) is 0 Å². The first-order chi connectivity index (χ1) is 9.38. The minimum absolute atomic E-state index is 0.0145. The molecule has 5 nitrogen and oxygen atoms in total. The Morgan fingerprint density at radius 2 is 2.00 bits per heavy atom. The lowest BCUT2D eigenvalue weighted by atomic mass is 10.1. The van der Waals surface area contributed by atoms with E-state index >= 15 is 0 Å². The van der Waals surface area contributed by atoms with Crippen molar-refractivity contribution < 1.29 is 27.6 Å². The second-order valence-electron chi connectivity index (χ2n) is 3.95. The molecule has 1 N–H and O–H groups in total. The normalized spacial score (nSPS) is 11.6. The zero-order chi connectivity index (χ0) is 14.8. The number of carboxylic acid groups (broad SMARTS) is 1. The molecule has 1 aromatic heterocycles. The zero-order valence-corrected chi connectivity index (χ0v) is 10.0. The SMILES string of the molecule is O=C(O)CCc1nc(-c2ccccc2C(F)(F)F)no1. The third kappa shape index (κ3) is 3.14. The number of carboxylic acids is 1. The standard InChI is InChI=1S/C12H9F3N2O3/c13-12(14,15)8-4-2-1-3-7(8)11-16-9(20-17-11)5-6-10(18)19/h1-4H,5-6H2,(H,18,19). The monoisotopic (exact) mass is 286 g/mol. The van der Waals surface area contributed by atoms with Crippen molar-refractivity contribution in [2.45, 2.75) is 19.0 Å². The first kappa shape index (κ1) is 14.0. The summed E-state index contributed by atoms with van der Waals surface area (Å²) in [5.41, 5.74) is -1.07. The molecule has 8 heteroatoms. The van der Waals surface area contributed by atoms with E-state index in [1.54, 1.807) is 0 Å². The van der Waals surface area contributed by atoms with Crippen LogP contribution in [0.4, 0.5) is 13.2 Å². The minimum atomic E-state index is -4.53. The fourth-order valence-electron chi connectivity index (χ4n) is 1.60. The smallest absolute Gasteiger partial charge is 0.417 e. The van der Waals surface area contributed by atoms with Gasteiger partial charge >= 0.3 is 12.1 Å². The second-order valence-corrected chi connectivity index (χ2v) is 3.95. The Kier molecular flexibility index (Phi) is 3.73. The summed E-state index contributed by atoms with van der Waals surface area (Å²) in [7, 11) is 0. The summed E-state index contributed by atoms with van der Waals surface area (Å²) in [5, 5.41) is 12.0. The molecule has 0 radical (unpaired) electrons. The molecule has 0 fully saturated rings. The van der Waals surface area contributed by atoms with Gasteiger partial charge in [-0.1, -0.05) is 23.4 Å². The average molecular weight is 286 g/mol. The van der Waals surface area contributed by atoms with Gasteiger partial charge in [0.25, 0.3) is 0 Å².